The molecule has 0 spiro atoms. The summed E-state index contributed by atoms with van der Waals surface area (Å²) in [5.74, 6) is 12.9. The van der Waals surface area contributed by atoms with Crippen LogP contribution in [-0.4, -0.2) is 101 Å². The van der Waals surface area contributed by atoms with Crippen LogP contribution in [0.2, 0.25) is 0 Å². The predicted molar refractivity (Wildman–Crippen MR) is 202 cm³/mol. The summed E-state index contributed by atoms with van der Waals surface area (Å²) in [6.45, 7) is 9.84. The van der Waals surface area contributed by atoms with Crippen LogP contribution >= 0.6 is 0 Å². The largest absolute Gasteiger partial charge is 0.458 e. The molecule has 0 aliphatic carbocycles. The number of nitrogens with zero attached hydrogens (tertiary/aromatic N) is 4. The number of carbonyl (C=O) groups excluding carboxylic acids is 4. The Morgan fingerprint density at radius 2 is 1.67 bits per heavy atom. The van der Waals surface area contributed by atoms with E-state index >= 15 is 0 Å². The number of benzene rings is 1. The van der Waals surface area contributed by atoms with Crippen LogP contribution < -0.4 is 21.1 Å². The Bertz CT molecular complexity index is 1850. The van der Waals surface area contributed by atoms with E-state index in [2.05, 4.69) is 49.0 Å². The number of H-pyrrole nitrogens is 1. The van der Waals surface area contributed by atoms with Crippen molar-refractivity contribution in [3.05, 3.63) is 59.9 Å². The van der Waals surface area contributed by atoms with E-state index in [9.17, 15) is 19.2 Å². The van der Waals surface area contributed by atoms with Crippen molar-refractivity contribution in [3.63, 3.8) is 0 Å². The van der Waals surface area contributed by atoms with E-state index in [1.165, 1.54) is 14.2 Å². The Labute approximate surface area is 316 Å². The van der Waals surface area contributed by atoms with Crippen LogP contribution in [0, 0.1) is 29.6 Å². The minimum absolute atomic E-state index is 0.187. The fourth-order valence-electron chi connectivity index (χ4n) is 6.43. The van der Waals surface area contributed by atoms with E-state index in [-0.39, 0.29) is 29.6 Å². The lowest BCUT2D eigenvalue weighted by Crippen LogP contribution is -2.55. The minimum Gasteiger partial charge on any atom is -0.458 e. The number of amides is 4. The van der Waals surface area contributed by atoms with Crippen molar-refractivity contribution in [2.75, 3.05) is 27.3 Å². The van der Waals surface area contributed by atoms with Crippen molar-refractivity contribution < 1.29 is 33.4 Å². The summed E-state index contributed by atoms with van der Waals surface area (Å²) in [4.78, 5) is 66.4. The van der Waals surface area contributed by atoms with Crippen molar-refractivity contribution >= 4 is 29.8 Å². The van der Waals surface area contributed by atoms with E-state index in [0.717, 1.165) is 6.42 Å². The first-order chi connectivity index (χ1) is 25.8. The summed E-state index contributed by atoms with van der Waals surface area (Å²) in [6, 6.07) is 6.79. The number of amidine groups is 1. The zero-order valence-electron chi connectivity index (χ0n) is 31.9. The van der Waals surface area contributed by atoms with Gasteiger partial charge in [-0.3, -0.25) is 9.59 Å². The number of aliphatic imine (C=N–C) groups is 1. The molecular formula is C39H50N8O7. The highest BCUT2D eigenvalue weighted by Crippen LogP contribution is 2.31. The van der Waals surface area contributed by atoms with Crippen LogP contribution in [0.5, 0.6) is 5.75 Å². The van der Waals surface area contributed by atoms with E-state index in [4.69, 9.17) is 20.2 Å². The standard InChI is InChI=1S/C39H50N8O7/c1-8-31(54-28-17-10-9-11-18-28)39(5,45-33(40)29-19-14-22-46(29)36(49)32(25(2)3)44-38(51)53-7)21-13-12-16-27-24-41-34(43-27)30-20-15-23-47(30)35(48)26(4)42-37(50)52-6/h8-11,17-18,24-26,29-30,32H,14-15,19-20,22-23H2,1-7H3,(H2,40,45)(H,41,43)(H,42,50)(H,44,51)/b31-8+/t26-,29+,30+,32+,39?/m1/s1. The Balaban J connectivity index is 1.61. The highest BCUT2D eigenvalue weighted by Gasteiger charge is 2.39. The first-order valence-corrected chi connectivity index (χ1v) is 17.9. The average molecular weight is 743 g/mol. The minimum atomic E-state index is -1.32. The second-order valence-corrected chi connectivity index (χ2v) is 13.5. The lowest BCUT2D eigenvalue weighted by molar-refractivity contribution is -0.134. The van der Waals surface area contributed by atoms with Gasteiger partial charge >= 0.3 is 12.2 Å². The third-order valence-corrected chi connectivity index (χ3v) is 9.24. The van der Waals surface area contributed by atoms with E-state index in [0.29, 0.717) is 55.4 Å². The first kappa shape index (κ1) is 40.8. The van der Waals surface area contributed by atoms with Crippen molar-refractivity contribution in [3.8, 4) is 29.4 Å². The van der Waals surface area contributed by atoms with Gasteiger partial charge in [0.2, 0.25) is 11.8 Å². The second kappa shape index (κ2) is 18.7. The molecule has 2 fully saturated rings. The molecule has 2 aliphatic heterocycles. The summed E-state index contributed by atoms with van der Waals surface area (Å²) in [5.41, 5.74) is 5.89. The number of methoxy groups -OCH3 is 2. The third-order valence-electron chi connectivity index (χ3n) is 9.24. The Morgan fingerprint density at radius 1 is 1.00 bits per heavy atom. The molecule has 1 aromatic carbocycles. The number of hydrogen-bond donors (Lipinski definition) is 4. The summed E-state index contributed by atoms with van der Waals surface area (Å²) < 4.78 is 15.7. The maximum absolute atomic E-state index is 13.7. The molecule has 288 valence electrons. The van der Waals surface area contributed by atoms with Gasteiger partial charge < -0.3 is 45.4 Å². The van der Waals surface area contributed by atoms with Gasteiger partial charge in [-0.1, -0.05) is 38.0 Å². The molecule has 4 rings (SSSR count). The summed E-state index contributed by atoms with van der Waals surface area (Å²) >= 11 is 0. The topological polar surface area (TPSA) is 194 Å². The number of hydrogen-bond acceptors (Lipinski definition) is 9. The molecule has 2 aromatic rings. The zero-order valence-corrected chi connectivity index (χ0v) is 31.9. The third kappa shape index (κ3) is 10.1. The van der Waals surface area contributed by atoms with Crippen LogP contribution in [-0.2, 0) is 19.1 Å². The van der Waals surface area contributed by atoms with Gasteiger partial charge in [0.1, 0.15) is 40.9 Å². The Hall–Kier alpha value is -5.96. The van der Waals surface area contributed by atoms with Gasteiger partial charge in [0, 0.05) is 13.1 Å². The number of imidazole rings is 1. The van der Waals surface area contributed by atoms with Crippen LogP contribution in [0.4, 0.5) is 9.59 Å². The van der Waals surface area contributed by atoms with Gasteiger partial charge in [-0.2, -0.15) is 0 Å². The predicted octanol–water partition coefficient (Wildman–Crippen LogP) is 3.64. The number of alkyl carbamates (subject to hydrolysis) is 2. The van der Waals surface area contributed by atoms with Crippen LogP contribution in [0.3, 0.4) is 0 Å². The number of para-hydroxylation sites is 1. The van der Waals surface area contributed by atoms with E-state index < -0.39 is 35.9 Å². The summed E-state index contributed by atoms with van der Waals surface area (Å²) in [5, 5.41) is 5.17. The number of nitrogens with two attached hydrogens (primary N) is 1. The maximum atomic E-state index is 13.7. The molecule has 5 atom stereocenters. The molecule has 3 heterocycles. The van der Waals surface area contributed by atoms with Gasteiger partial charge in [0.25, 0.3) is 0 Å². The summed E-state index contributed by atoms with van der Waals surface area (Å²) in [7, 11) is 2.49. The number of aromatic amines is 1. The molecule has 0 saturated carbocycles. The SMILES string of the molecule is C/C=C(/Oc1ccccc1)C(C)(C#CC#Cc1cnc([C@@H]2CCCN2C(=O)[C@@H](C)NC(=O)OC)[nH]1)N=C(N)[C@@H]1CCCN1C(=O)[C@@H](NC(=O)OC)C(C)C. The maximum Gasteiger partial charge on any atom is 0.407 e. The molecule has 0 radical (unpaired) electrons. The Morgan fingerprint density at radius 3 is 2.33 bits per heavy atom. The molecule has 1 aromatic heterocycles. The molecule has 1 unspecified atom stereocenters. The Kier molecular flexibility index (Phi) is 14.1. The quantitative estimate of drug-likeness (QED) is 0.115. The molecule has 15 heteroatoms. The fraction of sp³-hybridized carbons (Fsp3) is 0.487. The lowest BCUT2D eigenvalue weighted by atomic mass is 9.99. The van der Waals surface area contributed by atoms with Crippen molar-refractivity contribution in [1.29, 1.82) is 0 Å². The lowest BCUT2D eigenvalue weighted by Gasteiger charge is -2.31. The van der Waals surface area contributed by atoms with Crippen LogP contribution in [0.15, 0.2) is 53.4 Å². The number of likely N-dealkylation sites (tertiary alicyclic amines) is 2. The number of allylic oxidation sites excluding steroid dienone is 1. The number of rotatable bonds is 11. The number of nitrogens with one attached hydrogen (secondary N) is 3. The van der Waals surface area contributed by atoms with Crippen molar-refractivity contribution in [2.45, 2.75) is 90.0 Å². The first-order valence-electron chi connectivity index (χ1n) is 17.9. The zero-order chi connectivity index (χ0) is 39.4. The highest BCUT2D eigenvalue weighted by molar-refractivity contribution is 5.94. The number of ether oxygens (including phenoxy) is 3. The van der Waals surface area contributed by atoms with E-state index in [1.807, 2.05) is 51.1 Å². The van der Waals surface area contributed by atoms with Gasteiger partial charge in [0.05, 0.1) is 32.5 Å². The van der Waals surface area contributed by atoms with Crippen LogP contribution in [0.25, 0.3) is 0 Å². The average Bonchev–Trinajstić information content (AvgIpc) is 3.95. The van der Waals surface area contributed by atoms with Crippen LogP contribution in [0.1, 0.15) is 77.9 Å². The smallest absolute Gasteiger partial charge is 0.407 e. The molecular weight excluding hydrogens is 692 g/mol. The van der Waals surface area contributed by atoms with Gasteiger partial charge in [-0.25, -0.2) is 19.6 Å². The molecule has 5 N–H and O–H groups in total. The molecule has 0 bridgehead atoms. The molecule has 2 aliphatic rings. The molecule has 4 amide bonds. The second-order valence-electron chi connectivity index (χ2n) is 13.5. The van der Waals surface area contributed by atoms with Gasteiger partial charge in [-0.05, 0) is 88.3 Å². The summed E-state index contributed by atoms with van der Waals surface area (Å²) in [6.07, 6.45) is 4.72. The van der Waals surface area contributed by atoms with Gasteiger partial charge in [-0.15, -0.1) is 0 Å². The van der Waals surface area contributed by atoms with Gasteiger partial charge in [0.15, 0.2) is 5.54 Å². The monoisotopic (exact) mass is 742 g/mol. The molecule has 2 saturated heterocycles. The van der Waals surface area contributed by atoms with Crippen molar-refractivity contribution in [2.24, 2.45) is 16.6 Å². The number of aromatic nitrogens is 2. The normalized spacial score (nSPS) is 19.3. The molecule has 54 heavy (non-hydrogen) atoms. The molecule has 15 nitrogen and oxygen atoms in total. The van der Waals surface area contributed by atoms with Crippen molar-refractivity contribution in [1.82, 2.24) is 30.4 Å². The van der Waals surface area contributed by atoms with E-state index in [1.54, 1.807) is 35.9 Å². The number of carbonyl (C=O) groups is 4. The highest BCUT2D eigenvalue weighted by atomic mass is 16.5. The fourth-order valence-corrected chi connectivity index (χ4v) is 6.43.